The van der Waals surface area contributed by atoms with E-state index in [2.05, 4.69) is 4.98 Å². The lowest BCUT2D eigenvalue weighted by Crippen LogP contribution is -2.49. The number of halogens is 2. The van der Waals surface area contributed by atoms with Crippen molar-refractivity contribution in [2.24, 2.45) is 0 Å². The molecule has 1 aromatic heterocycles. The number of H-pyrrole nitrogens is 1. The van der Waals surface area contributed by atoms with Gasteiger partial charge in [-0.05, 0) is 24.3 Å². The van der Waals surface area contributed by atoms with E-state index < -0.39 is 0 Å². The van der Waals surface area contributed by atoms with Crippen LogP contribution >= 0.6 is 11.6 Å². The summed E-state index contributed by atoms with van der Waals surface area (Å²) in [5.74, 6) is -0.238. The van der Waals surface area contributed by atoms with Crippen LogP contribution in [0, 0.1) is 5.82 Å². The molecule has 25 heavy (non-hydrogen) atoms. The van der Waals surface area contributed by atoms with Crippen LogP contribution < -0.4 is 4.90 Å². The van der Waals surface area contributed by atoms with E-state index in [0.29, 0.717) is 42.5 Å². The Hall–Kier alpha value is -2.53. The summed E-state index contributed by atoms with van der Waals surface area (Å²) in [7, 11) is 0. The minimum Gasteiger partial charge on any atom is -0.366 e. The van der Waals surface area contributed by atoms with Gasteiger partial charge in [-0.25, -0.2) is 4.39 Å². The van der Waals surface area contributed by atoms with Crippen molar-refractivity contribution in [3.8, 4) is 0 Å². The van der Waals surface area contributed by atoms with Gasteiger partial charge in [-0.1, -0.05) is 29.8 Å². The zero-order chi connectivity index (χ0) is 17.4. The third-order valence-electron chi connectivity index (χ3n) is 4.63. The third-order valence-corrected chi connectivity index (χ3v) is 4.87. The average molecular weight is 358 g/mol. The second-order valence-corrected chi connectivity index (χ2v) is 6.56. The van der Waals surface area contributed by atoms with E-state index in [1.54, 1.807) is 24.4 Å². The number of amides is 1. The lowest BCUT2D eigenvalue weighted by Gasteiger charge is -2.36. The Kier molecular flexibility index (Phi) is 4.09. The molecule has 0 radical (unpaired) electrons. The lowest BCUT2D eigenvalue weighted by atomic mass is 10.1. The van der Waals surface area contributed by atoms with Crippen LogP contribution in [0.25, 0.3) is 10.9 Å². The van der Waals surface area contributed by atoms with Gasteiger partial charge in [-0.15, -0.1) is 0 Å². The number of carbonyl (C=O) groups is 1. The smallest absolute Gasteiger partial charge is 0.256 e. The Balaban J connectivity index is 1.50. The second-order valence-electron chi connectivity index (χ2n) is 6.12. The van der Waals surface area contributed by atoms with Gasteiger partial charge in [-0.2, -0.15) is 0 Å². The van der Waals surface area contributed by atoms with Gasteiger partial charge >= 0.3 is 0 Å². The number of benzene rings is 2. The Morgan fingerprint density at radius 3 is 2.60 bits per heavy atom. The molecule has 4 rings (SSSR count). The van der Waals surface area contributed by atoms with Gasteiger partial charge in [0.05, 0.1) is 11.3 Å². The van der Waals surface area contributed by atoms with Crippen LogP contribution in [-0.2, 0) is 0 Å². The van der Waals surface area contributed by atoms with E-state index in [4.69, 9.17) is 11.6 Å². The van der Waals surface area contributed by atoms with Crippen LogP contribution in [0.2, 0.25) is 5.02 Å². The Labute approximate surface area is 149 Å². The molecule has 1 N–H and O–H groups in total. The zero-order valence-corrected chi connectivity index (χ0v) is 14.3. The quantitative estimate of drug-likeness (QED) is 0.755. The second kappa shape index (κ2) is 6.41. The summed E-state index contributed by atoms with van der Waals surface area (Å²) in [4.78, 5) is 19.7. The Bertz CT molecular complexity index is 931. The molecule has 0 unspecified atom stereocenters. The highest BCUT2D eigenvalue weighted by atomic mass is 35.5. The van der Waals surface area contributed by atoms with Crippen molar-refractivity contribution in [3.63, 3.8) is 0 Å². The maximum atomic E-state index is 13.9. The highest BCUT2D eigenvalue weighted by Crippen LogP contribution is 2.25. The molecule has 1 aliphatic rings. The van der Waals surface area contributed by atoms with Gasteiger partial charge in [0, 0.05) is 48.3 Å². The number of nitrogens with one attached hydrogen (secondary N) is 1. The normalized spacial score (nSPS) is 15.0. The first-order chi connectivity index (χ1) is 12.1. The molecule has 2 heterocycles. The molecule has 2 aromatic carbocycles. The van der Waals surface area contributed by atoms with Crippen LogP contribution in [0.1, 0.15) is 10.4 Å². The number of aromatic nitrogens is 1. The van der Waals surface area contributed by atoms with Gasteiger partial charge in [0.25, 0.3) is 5.91 Å². The topological polar surface area (TPSA) is 39.3 Å². The minimum absolute atomic E-state index is 0.0123. The first-order valence-electron chi connectivity index (χ1n) is 8.19. The molecule has 3 aromatic rings. The minimum atomic E-state index is -0.226. The highest BCUT2D eigenvalue weighted by Gasteiger charge is 2.25. The molecule has 1 amide bonds. The number of hydrogen-bond donors (Lipinski definition) is 1. The number of rotatable bonds is 2. The molecule has 0 atom stereocenters. The third kappa shape index (κ3) is 2.96. The molecule has 0 spiro atoms. The van der Waals surface area contributed by atoms with E-state index in [0.717, 1.165) is 10.9 Å². The predicted octanol–water partition coefficient (Wildman–Crippen LogP) is 3.92. The van der Waals surface area contributed by atoms with Crippen molar-refractivity contribution in [2.75, 3.05) is 31.1 Å². The summed E-state index contributed by atoms with van der Waals surface area (Å²) in [6.45, 7) is 2.35. The van der Waals surface area contributed by atoms with E-state index in [1.165, 1.54) is 6.07 Å². The number of piperazine rings is 1. The molecule has 4 nitrogen and oxygen atoms in total. The van der Waals surface area contributed by atoms with E-state index in [9.17, 15) is 9.18 Å². The molecule has 128 valence electrons. The Morgan fingerprint density at radius 1 is 1.08 bits per heavy atom. The van der Waals surface area contributed by atoms with Crippen LogP contribution in [0.5, 0.6) is 0 Å². The maximum Gasteiger partial charge on any atom is 0.256 e. The van der Waals surface area contributed by atoms with E-state index in [1.807, 2.05) is 28.0 Å². The van der Waals surface area contributed by atoms with Crippen LogP contribution in [-0.4, -0.2) is 42.0 Å². The number of nitrogens with zero attached hydrogens (tertiary/aromatic N) is 2. The number of fused-ring (bicyclic) bond motifs is 1. The number of aromatic amines is 1. The van der Waals surface area contributed by atoms with Gasteiger partial charge in [0.2, 0.25) is 0 Å². The number of carbonyl (C=O) groups excluding carboxylic acids is 1. The number of anilines is 1. The molecule has 1 aliphatic heterocycles. The molecular weight excluding hydrogens is 341 g/mol. The van der Waals surface area contributed by atoms with Crippen molar-refractivity contribution in [2.45, 2.75) is 0 Å². The molecule has 1 fully saturated rings. The van der Waals surface area contributed by atoms with Gasteiger partial charge in [-0.3, -0.25) is 4.79 Å². The van der Waals surface area contributed by atoms with Crippen molar-refractivity contribution in [1.29, 1.82) is 0 Å². The van der Waals surface area contributed by atoms with Crippen molar-refractivity contribution in [1.82, 2.24) is 9.88 Å². The fourth-order valence-corrected chi connectivity index (χ4v) is 3.48. The lowest BCUT2D eigenvalue weighted by molar-refractivity contribution is 0.0748. The first kappa shape index (κ1) is 16.0. The Morgan fingerprint density at radius 2 is 1.84 bits per heavy atom. The molecule has 0 saturated carbocycles. The van der Waals surface area contributed by atoms with Crippen molar-refractivity contribution >= 4 is 34.1 Å². The summed E-state index contributed by atoms with van der Waals surface area (Å²) in [5.41, 5.74) is 2.09. The summed E-state index contributed by atoms with van der Waals surface area (Å²) in [6.07, 6.45) is 1.73. The number of hydrogen-bond acceptors (Lipinski definition) is 2. The summed E-state index contributed by atoms with van der Waals surface area (Å²) in [5, 5.41) is 1.50. The number of para-hydroxylation sites is 1. The largest absolute Gasteiger partial charge is 0.366 e. The fourth-order valence-electron chi connectivity index (χ4n) is 3.30. The van der Waals surface area contributed by atoms with Gasteiger partial charge in [0.1, 0.15) is 5.82 Å². The zero-order valence-electron chi connectivity index (χ0n) is 13.5. The summed E-state index contributed by atoms with van der Waals surface area (Å²) < 4.78 is 13.9. The summed E-state index contributed by atoms with van der Waals surface area (Å²) in [6, 6.07) is 12.2. The monoisotopic (exact) mass is 357 g/mol. The first-order valence-corrected chi connectivity index (χ1v) is 8.56. The van der Waals surface area contributed by atoms with Crippen molar-refractivity contribution < 1.29 is 9.18 Å². The maximum absolute atomic E-state index is 13.9. The highest BCUT2D eigenvalue weighted by molar-refractivity contribution is 6.31. The van der Waals surface area contributed by atoms with Crippen molar-refractivity contribution in [3.05, 3.63) is 65.1 Å². The van der Waals surface area contributed by atoms with Crippen LogP contribution in [0.4, 0.5) is 10.1 Å². The molecule has 6 heteroatoms. The van der Waals surface area contributed by atoms with E-state index >= 15 is 0 Å². The molecule has 1 saturated heterocycles. The average Bonchev–Trinajstić information content (AvgIpc) is 3.04. The SMILES string of the molecule is O=C(c1c[nH]c2cc(Cl)ccc12)N1CCN(c2ccccc2F)CC1. The fraction of sp³-hybridized carbons (Fsp3) is 0.211. The summed E-state index contributed by atoms with van der Waals surface area (Å²) >= 11 is 5.99. The van der Waals surface area contributed by atoms with Gasteiger partial charge in [0.15, 0.2) is 0 Å². The molecular formula is C19H17ClFN3O. The predicted molar refractivity (Wildman–Crippen MR) is 97.8 cm³/mol. The van der Waals surface area contributed by atoms with Gasteiger partial charge < -0.3 is 14.8 Å². The van der Waals surface area contributed by atoms with Crippen LogP contribution in [0.3, 0.4) is 0 Å². The molecule has 0 aliphatic carbocycles. The molecule has 0 bridgehead atoms. The van der Waals surface area contributed by atoms with Crippen LogP contribution in [0.15, 0.2) is 48.7 Å². The van der Waals surface area contributed by atoms with E-state index in [-0.39, 0.29) is 11.7 Å². The standard InChI is InChI=1S/C19H17ClFN3O/c20-13-5-6-14-15(12-22-17(14)11-13)19(25)24-9-7-23(8-10-24)18-4-2-1-3-16(18)21/h1-6,11-12,22H,7-10H2.